The summed E-state index contributed by atoms with van der Waals surface area (Å²) in [7, 11) is 2.09. The molecule has 8 nitrogen and oxygen atoms in total. The van der Waals surface area contributed by atoms with Crippen LogP contribution in [0.5, 0.6) is 5.75 Å². The molecule has 1 aromatic carbocycles. The third-order valence-corrected chi connectivity index (χ3v) is 5.87. The van der Waals surface area contributed by atoms with Gasteiger partial charge in [-0.15, -0.1) is 0 Å². The first-order valence-corrected chi connectivity index (χ1v) is 11.6. The van der Waals surface area contributed by atoms with Crippen LogP contribution in [0.1, 0.15) is 45.6 Å². The number of aliphatic imine (C=N–C) groups is 2. The highest BCUT2D eigenvalue weighted by molar-refractivity contribution is 6.21. The van der Waals surface area contributed by atoms with Crippen molar-refractivity contribution in [1.82, 2.24) is 9.80 Å². The van der Waals surface area contributed by atoms with E-state index in [-0.39, 0.29) is 17.7 Å². The summed E-state index contributed by atoms with van der Waals surface area (Å²) in [6, 6.07) is 5.44. The quantitative estimate of drug-likeness (QED) is 0.637. The molecule has 0 spiro atoms. The van der Waals surface area contributed by atoms with E-state index in [0.717, 1.165) is 38.3 Å². The molecule has 0 saturated carbocycles. The van der Waals surface area contributed by atoms with Crippen LogP contribution in [-0.4, -0.2) is 79.5 Å². The van der Waals surface area contributed by atoms with E-state index in [2.05, 4.69) is 27.2 Å². The van der Waals surface area contributed by atoms with Gasteiger partial charge in [0.1, 0.15) is 5.75 Å². The Bertz CT molecular complexity index is 888. The summed E-state index contributed by atoms with van der Waals surface area (Å²) in [6.45, 7) is 10.6. The molecule has 1 saturated heterocycles. The van der Waals surface area contributed by atoms with Crippen molar-refractivity contribution in [2.24, 2.45) is 15.9 Å². The van der Waals surface area contributed by atoms with Crippen molar-refractivity contribution < 1.29 is 14.3 Å². The van der Waals surface area contributed by atoms with Crippen molar-refractivity contribution in [2.75, 3.05) is 51.7 Å². The number of amidine groups is 1. The zero-order valence-corrected chi connectivity index (χ0v) is 19.7. The lowest BCUT2D eigenvalue weighted by atomic mass is 9.95. The number of likely N-dealkylation sites (N-methyl/N-ethyl adjacent to an activating group) is 1. The van der Waals surface area contributed by atoms with E-state index >= 15 is 0 Å². The molecule has 2 aliphatic heterocycles. The molecular weight excluding hydrogens is 406 g/mol. The molecule has 2 aliphatic rings. The maximum Gasteiger partial charge on any atom is 0.256 e. The summed E-state index contributed by atoms with van der Waals surface area (Å²) in [5, 5.41) is 2.98. The van der Waals surface area contributed by atoms with Crippen molar-refractivity contribution >= 4 is 29.0 Å². The van der Waals surface area contributed by atoms with E-state index in [0.29, 0.717) is 48.8 Å². The molecule has 8 heteroatoms. The molecule has 1 unspecified atom stereocenters. The van der Waals surface area contributed by atoms with Gasteiger partial charge in [0.2, 0.25) is 5.91 Å². The Labute approximate surface area is 190 Å². The van der Waals surface area contributed by atoms with E-state index < -0.39 is 0 Å². The van der Waals surface area contributed by atoms with Crippen molar-refractivity contribution in [2.45, 2.75) is 40.0 Å². The lowest BCUT2D eigenvalue weighted by Gasteiger charge is -2.31. The van der Waals surface area contributed by atoms with Crippen molar-refractivity contribution in [3.8, 4) is 5.75 Å². The maximum absolute atomic E-state index is 12.6. The number of hydrogen-bond acceptors (Lipinski definition) is 6. The van der Waals surface area contributed by atoms with Gasteiger partial charge < -0.3 is 15.0 Å². The van der Waals surface area contributed by atoms with Crippen molar-refractivity contribution in [3.05, 3.63) is 23.8 Å². The molecule has 32 heavy (non-hydrogen) atoms. The van der Waals surface area contributed by atoms with Gasteiger partial charge in [0.25, 0.3) is 5.91 Å². The summed E-state index contributed by atoms with van der Waals surface area (Å²) in [6.07, 6.45) is 2.23. The minimum Gasteiger partial charge on any atom is -0.493 e. The molecule has 2 heterocycles. The van der Waals surface area contributed by atoms with E-state index in [1.165, 1.54) is 0 Å². The first kappa shape index (κ1) is 24.1. The molecule has 2 amide bonds. The van der Waals surface area contributed by atoms with Crippen LogP contribution in [0.4, 0.5) is 5.69 Å². The van der Waals surface area contributed by atoms with Gasteiger partial charge >= 0.3 is 0 Å². The van der Waals surface area contributed by atoms with E-state index in [1.54, 1.807) is 0 Å². The van der Waals surface area contributed by atoms with Crippen LogP contribution in [-0.2, 0) is 9.59 Å². The molecule has 174 valence electrons. The molecule has 3 rings (SSSR count). The summed E-state index contributed by atoms with van der Waals surface area (Å²) in [5.74, 6) is 0.492. The second-order valence-corrected chi connectivity index (χ2v) is 8.38. The number of benzene rings is 1. The second-order valence-electron chi connectivity index (χ2n) is 8.38. The highest BCUT2D eigenvalue weighted by Gasteiger charge is 2.28. The molecule has 1 fully saturated rings. The number of ether oxygens (including phenoxy) is 1. The number of hydrogen-bond donors (Lipinski definition) is 1. The Balaban J connectivity index is 1.81. The number of rotatable bonds is 9. The van der Waals surface area contributed by atoms with Crippen LogP contribution in [0, 0.1) is 5.92 Å². The third kappa shape index (κ3) is 6.01. The number of carbonyl (C=O) groups is 2. The van der Waals surface area contributed by atoms with Crippen LogP contribution in [0.2, 0.25) is 0 Å². The smallest absolute Gasteiger partial charge is 0.256 e. The van der Waals surface area contributed by atoms with Crippen LogP contribution >= 0.6 is 0 Å². The lowest BCUT2D eigenvalue weighted by molar-refractivity contribution is -0.120. The first-order valence-electron chi connectivity index (χ1n) is 11.6. The summed E-state index contributed by atoms with van der Waals surface area (Å²) < 4.78 is 5.90. The second kappa shape index (κ2) is 11.3. The Morgan fingerprint density at radius 3 is 2.56 bits per heavy atom. The predicted molar refractivity (Wildman–Crippen MR) is 128 cm³/mol. The highest BCUT2D eigenvalue weighted by Crippen LogP contribution is 2.27. The number of anilines is 1. The average molecular weight is 442 g/mol. The number of amides is 2. The number of piperazine rings is 1. The summed E-state index contributed by atoms with van der Waals surface area (Å²) >= 11 is 0. The van der Waals surface area contributed by atoms with E-state index in [4.69, 9.17) is 9.73 Å². The van der Waals surface area contributed by atoms with Gasteiger partial charge in [0, 0.05) is 37.6 Å². The van der Waals surface area contributed by atoms with Gasteiger partial charge in [-0.3, -0.25) is 14.5 Å². The standard InChI is InChI=1S/C24H35N5O3/c1-5-14-32-21-9-8-17(25-22(30)16-29-12-10-28(4)11-13-29)15-19(21)23-26-20(7-3)18(6-2)24(31)27-23/h8-9,15,18H,5-7,10-14,16H2,1-4H3,(H,25,30). The minimum atomic E-state index is -0.254. The largest absolute Gasteiger partial charge is 0.493 e. The Kier molecular flexibility index (Phi) is 8.53. The predicted octanol–water partition coefficient (Wildman–Crippen LogP) is 2.83. The van der Waals surface area contributed by atoms with Gasteiger partial charge in [-0.2, -0.15) is 4.99 Å². The van der Waals surface area contributed by atoms with Crippen LogP contribution in [0.3, 0.4) is 0 Å². The Morgan fingerprint density at radius 1 is 1.16 bits per heavy atom. The molecule has 1 N–H and O–H groups in total. The number of nitrogens with zero attached hydrogens (tertiary/aromatic N) is 4. The van der Waals surface area contributed by atoms with Crippen molar-refractivity contribution in [1.29, 1.82) is 0 Å². The normalized spacial score (nSPS) is 20.0. The van der Waals surface area contributed by atoms with E-state index in [1.807, 2.05) is 39.0 Å². The maximum atomic E-state index is 12.6. The molecule has 1 aromatic rings. The van der Waals surface area contributed by atoms with Gasteiger partial charge in [0.05, 0.1) is 24.6 Å². The van der Waals surface area contributed by atoms with Crippen LogP contribution in [0.15, 0.2) is 28.2 Å². The Hall–Kier alpha value is -2.58. The van der Waals surface area contributed by atoms with Gasteiger partial charge in [-0.25, -0.2) is 4.99 Å². The van der Waals surface area contributed by atoms with Crippen LogP contribution in [0.25, 0.3) is 0 Å². The third-order valence-electron chi connectivity index (χ3n) is 5.87. The molecule has 0 bridgehead atoms. The fourth-order valence-corrected chi connectivity index (χ4v) is 3.95. The lowest BCUT2D eigenvalue weighted by Crippen LogP contribution is -2.47. The fraction of sp³-hybridized carbons (Fsp3) is 0.583. The van der Waals surface area contributed by atoms with E-state index in [9.17, 15) is 9.59 Å². The average Bonchev–Trinajstić information content (AvgIpc) is 2.79. The number of nitrogens with one attached hydrogen (secondary N) is 1. The van der Waals surface area contributed by atoms with Gasteiger partial charge in [-0.05, 0) is 44.5 Å². The van der Waals surface area contributed by atoms with Gasteiger partial charge in [0.15, 0.2) is 5.84 Å². The zero-order chi connectivity index (χ0) is 23.1. The molecule has 0 aliphatic carbocycles. The fourth-order valence-electron chi connectivity index (χ4n) is 3.95. The topological polar surface area (TPSA) is 86.6 Å². The number of carbonyl (C=O) groups excluding carboxylic acids is 2. The molecular formula is C24H35N5O3. The molecule has 1 atom stereocenters. The molecule has 0 radical (unpaired) electrons. The first-order chi connectivity index (χ1) is 15.4. The molecule has 0 aromatic heterocycles. The highest BCUT2D eigenvalue weighted by atomic mass is 16.5. The SMILES string of the molecule is CCCOc1ccc(NC(=O)CN2CCN(C)CC2)cc1C1=NC(=O)C(CC)C(CC)=N1. The zero-order valence-electron chi connectivity index (χ0n) is 19.7. The van der Waals surface area contributed by atoms with Crippen LogP contribution < -0.4 is 10.1 Å². The monoisotopic (exact) mass is 441 g/mol. The van der Waals surface area contributed by atoms with Crippen molar-refractivity contribution in [3.63, 3.8) is 0 Å². The Morgan fingerprint density at radius 2 is 1.91 bits per heavy atom. The summed E-state index contributed by atoms with van der Waals surface area (Å²) in [5.41, 5.74) is 2.11. The summed E-state index contributed by atoms with van der Waals surface area (Å²) in [4.78, 5) is 38.6. The minimum absolute atomic E-state index is 0.0619. The van der Waals surface area contributed by atoms with Gasteiger partial charge in [-0.1, -0.05) is 20.8 Å².